The Morgan fingerprint density at radius 2 is 1.20 bits per heavy atom. The number of hydrogen-bond donors (Lipinski definition) is 0. The Balaban J connectivity index is 3.02. The molecule has 0 bridgehead atoms. The van der Waals surface area contributed by atoms with E-state index in [0.29, 0.717) is 10.3 Å². The third-order valence-electron chi connectivity index (χ3n) is 3.96. The molecule has 90 valence electrons. The molecular formula is C12H25O2P. The lowest BCUT2D eigenvalue weighted by Crippen LogP contribution is -2.51. The number of ether oxygens (including phenoxy) is 2. The van der Waals surface area contributed by atoms with Crippen molar-refractivity contribution in [2.24, 2.45) is 0 Å². The molecule has 0 spiro atoms. The van der Waals surface area contributed by atoms with Gasteiger partial charge in [-0.2, -0.15) is 0 Å². The van der Waals surface area contributed by atoms with E-state index in [0.717, 1.165) is 12.8 Å². The van der Waals surface area contributed by atoms with Crippen molar-refractivity contribution >= 4 is 7.92 Å². The first kappa shape index (κ1) is 13.4. The summed E-state index contributed by atoms with van der Waals surface area (Å²) >= 11 is 0. The van der Waals surface area contributed by atoms with E-state index in [-0.39, 0.29) is 13.7 Å². The Hall–Kier alpha value is 0.350. The molecule has 1 rings (SSSR count). The van der Waals surface area contributed by atoms with Gasteiger partial charge in [-0.3, -0.25) is 0 Å². The molecule has 0 saturated carbocycles. The molecule has 0 radical (unpaired) electrons. The number of methoxy groups -OCH3 is 2. The lowest BCUT2D eigenvalue weighted by atomic mass is 9.91. The zero-order chi connectivity index (χ0) is 11.9. The summed E-state index contributed by atoms with van der Waals surface area (Å²) in [4.78, 5) is 0. The van der Waals surface area contributed by atoms with Gasteiger partial charge < -0.3 is 9.47 Å². The van der Waals surface area contributed by atoms with Crippen LogP contribution in [0.2, 0.25) is 0 Å². The second-order valence-corrected chi connectivity index (χ2v) is 9.40. The van der Waals surface area contributed by atoms with Crippen molar-refractivity contribution in [3.05, 3.63) is 0 Å². The summed E-state index contributed by atoms with van der Waals surface area (Å²) in [6.07, 6.45) is 2.00. The molecule has 15 heavy (non-hydrogen) atoms. The largest absolute Gasteiger partial charge is 0.353 e. The van der Waals surface area contributed by atoms with Crippen LogP contribution in [-0.2, 0) is 9.47 Å². The van der Waals surface area contributed by atoms with Crippen molar-refractivity contribution in [2.45, 2.75) is 56.6 Å². The maximum atomic E-state index is 5.64. The van der Waals surface area contributed by atoms with Crippen molar-refractivity contribution in [3.63, 3.8) is 0 Å². The maximum Gasteiger partial charge on any atom is 0.169 e. The van der Waals surface area contributed by atoms with Gasteiger partial charge in [0.1, 0.15) is 0 Å². The average Bonchev–Trinajstić information content (AvgIpc) is 2.13. The van der Waals surface area contributed by atoms with Gasteiger partial charge in [0.2, 0.25) is 0 Å². The third-order valence-corrected chi connectivity index (χ3v) is 7.91. The summed E-state index contributed by atoms with van der Waals surface area (Å²) in [5.74, 6) is -0.373. The van der Waals surface area contributed by atoms with Crippen LogP contribution in [0.15, 0.2) is 0 Å². The summed E-state index contributed by atoms with van der Waals surface area (Å²) < 4.78 is 11.3. The Morgan fingerprint density at radius 1 is 0.867 bits per heavy atom. The van der Waals surface area contributed by atoms with Crippen LogP contribution in [0.1, 0.15) is 40.5 Å². The van der Waals surface area contributed by atoms with E-state index in [1.807, 2.05) is 0 Å². The molecule has 1 aliphatic heterocycles. The van der Waals surface area contributed by atoms with Gasteiger partial charge in [-0.1, -0.05) is 35.6 Å². The van der Waals surface area contributed by atoms with Crippen molar-refractivity contribution in [2.75, 3.05) is 20.9 Å². The van der Waals surface area contributed by atoms with Crippen molar-refractivity contribution in [1.29, 1.82) is 0 Å². The van der Waals surface area contributed by atoms with Crippen LogP contribution in [0, 0.1) is 0 Å². The van der Waals surface area contributed by atoms with Crippen LogP contribution in [0.5, 0.6) is 0 Å². The van der Waals surface area contributed by atoms with E-state index in [2.05, 4.69) is 34.4 Å². The van der Waals surface area contributed by atoms with Crippen molar-refractivity contribution < 1.29 is 9.47 Å². The predicted octanol–water partition coefficient (Wildman–Crippen LogP) is 3.44. The maximum absolute atomic E-state index is 5.64. The second-order valence-electron chi connectivity index (χ2n) is 5.86. The van der Waals surface area contributed by atoms with Crippen molar-refractivity contribution in [3.8, 4) is 0 Å². The van der Waals surface area contributed by atoms with Crippen LogP contribution in [0.4, 0.5) is 0 Å². The Kier molecular flexibility index (Phi) is 3.56. The lowest BCUT2D eigenvalue weighted by molar-refractivity contribution is -0.224. The fourth-order valence-corrected chi connectivity index (χ4v) is 5.40. The minimum absolute atomic E-state index is 0.00805. The standard InChI is InChI=1S/C12H25O2P/c1-10(2)8-12(13-5,14-6)9-11(3,4)15(10)7/h8-9H2,1-7H3. The smallest absolute Gasteiger partial charge is 0.169 e. The van der Waals surface area contributed by atoms with E-state index in [1.165, 1.54) is 0 Å². The normalized spacial score (nSPS) is 29.0. The lowest BCUT2D eigenvalue weighted by Gasteiger charge is -2.55. The van der Waals surface area contributed by atoms with Gasteiger partial charge in [0.15, 0.2) is 5.79 Å². The summed E-state index contributed by atoms with van der Waals surface area (Å²) in [6, 6.07) is 0. The third kappa shape index (κ3) is 2.38. The molecule has 0 aromatic heterocycles. The molecule has 0 aliphatic carbocycles. The van der Waals surface area contributed by atoms with Crippen LogP contribution >= 0.6 is 7.92 Å². The van der Waals surface area contributed by atoms with E-state index in [9.17, 15) is 0 Å². The summed E-state index contributed by atoms with van der Waals surface area (Å²) in [5, 5.41) is 0.645. The van der Waals surface area contributed by atoms with Crippen LogP contribution in [0.3, 0.4) is 0 Å². The van der Waals surface area contributed by atoms with E-state index in [4.69, 9.17) is 9.47 Å². The first-order valence-corrected chi connectivity index (χ1v) is 7.32. The van der Waals surface area contributed by atoms with Gasteiger partial charge in [0.05, 0.1) is 0 Å². The fraction of sp³-hybridized carbons (Fsp3) is 1.00. The Bertz CT molecular complexity index is 212. The zero-order valence-corrected chi connectivity index (χ0v) is 12.1. The molecule has 0 atom stereocenters. The topological polar surface area (TPSA) is 18.5 Å². The number of hydrogen-bond acceptors (Lipinski definition) is 2. The van der Waals surface area contributed by atoms with Gasteiger partial charge in [0, 0.05) is 27.1 Å². The number of rotatable bonds is 2. The molecule has 3 heteroatoms. The highest BCUT2D eigenvalue weighted by Crippen LogP contribution is 2.66. The Morgan fingerprint density at radius 3 is 1.47 bits per heavy atom. The van der Waals surface area contributed by atoms with Gasteiger partial charge in [-0.05, 0) is 17.0 Å². The monoisotopic (exact) mass is 232 g/mol. The highest BCUT2D eigenvalue weighted by atomic mass is 31.1. The summed E-state index contributed by atoms with van der Waals surface area (Å²) in [7, 11) is 3.52. The first-order chi connectivity index (χ1) is 6.69. The van der Waals surface area contributed by atoms with Gasteiger partial charge in [0.25, 0.3) is 0 Å². The zero-order valence-electron chi connectivity index (χ0n) is 11.2. The minimum atomic E-state index is -0.373. The van der Waals surface area contributed by atoms with Gasteiger partial charge >= 0.3 is 0 Å². The SMILES string of the molecule is COC1(OC)CC(C)(C)P(C)C(C)(C)C1. The summed E-state index contributed by atoms with van der Waals surface area (Å²) in [5.41, 5.74) is 0. The Labute approximate surface area is 95.5 Å². The molecule has 1 heterocycles. The molecule has 0 aromatic carbocycles. The van der Waals surface area contributed by atoms with Crippen LogP contribution in [-0.4, -0.2) is 37.0 Å². The molecule has 0 amide bonds. The highest BCUT2D eigenvalue weighted by Gasteiger charge is 2.52. The molecule has 1 saturated heterocycles. The van der Waals surface area contributed by atoms with E-state index >= 15 is 0 Å². The molecule has 0 aromatic rings. The predicted molar refractivity (Wildman–Crippen MR) is 67.0 cm³/mol. The minimum Gasteiger partial charge on any atom is -0.353 e. The van der Waals surface area contributed by atoms with Crippen molar-refractivity contribution in [1.82, 2.24) is 0 Å². The molecule has 0 N–H and O–H groups in total. The first-order valence-electron chi connectivity index (χ1n) is 5.53. The fourth-order valence-electron chi connectivity index (χ4n) is 2.81. The quantitative estimate of drug-likeness (QED) is 0.536. The molecule has 2 nitrogen and oxygen atoms in total. The highest BCUT2D eigenvalue weighted by molar-refractivity contribution is 7.60. The van der Waals surface area contributed by atoms with Crippen LogP contribution < -0.4 is 0 Å². The van der Waals surface area contributed by atoms with E-state index < -0.39 is 0 Å². The van der Waals surface area contributed by atoms with E-state index in [1.54, 1.807) is 14.2 Å². The molecule has 0 unspecified atom stereocenters. The van der Waals surface area contributed by atoms with Crippen LogP contribution in [0.25, 0.3) is 0 Å². The molecular weight excluding hydrogens is 207 g/mol. The summed E-state index contributed by atoms with van der Waals surface area (Å²) in [6.45, 7) is 11.8. The molecule has 1 fully saturated rings. The van der Waals surface area contributed by atoms with Gasteiger partial charge in [-0.25, -0.2) is 0 Å². The molecule has 1 aliphatic rings. The second kappa shape index (κ2) is 3.98. The van der Waals surface area contributed by atoms with Gasteiger partial charge in [-0.15, -0.1) is 0 Å². The average molecular weight is 232 g/mol.